The number of nitrogens with one attached hydrogen (secondary N) is 1. The van der Waals surface area contributed by atoms with Crippen LogP contribution in [0.5, 0.6) is 0 Å². The summed E-state index contributed by atoms with van der Waals surface area (Å²) in [5, 5.41) is 3.07. The van der Waals surface area contributed by atoms with Crippen molar-refractivity contribution in [3.05, 3.63) is 29.4 Å². The van der Waals surface area contributed by atoms with E-state index in [9.17, 15) is 8.42 Å². The van der Waals surface area contributed by atoms with Crippen LogP contribution in [0.15, 0.2) is 29.3 Å². The van der Waals surface area contributed by atoms with E-state index in [1.54, 1.807) is 18.2 Å². The van der Waals surface area contributed by atoms with E-state index in [1.807, 2.05) is 6.07 Å². The normalized spacial score (nSPS) is 18.9. The maximum atomic E-state index is 12.6. The maximum absolute atomic E-state index is 12.6. The molecule has 0 saturated carbocycles. The molecular formula is C14H17Cl2N3O2S. The number of fused-ring (bicyclic) bond motifs is 1. The van der Waals surface area contributed by atoms with Crippen molar-refractivity contribution in [2.24, 2.45) is 5.92 Å². The molecule has 1 saturated heterocycles. The summed E-state index contributed by atoms with van der Waals surface area (Å²) >= 11 is 6.04. The van der Waals surface area contributed by atoms with E-state index < -0.39 is 9.84 Å². The Hall–Kier alpha value is -0.950. The number of aromatic nitrogens is 2. The average molecular weight is 362 g/mol. The summed E-state index contributed by atoms with van der Waals surface area (Å²) in [7, 11) is -3.53. The predicted molar refractivity (Wildman–Crippen MR) is 89.4 cm³/mol. The molecule has 2 aromatic rings. The Morgan fingerprint density at radius 1 is 1.23 bits per heavy atom. The van der Waals surface area contributed by atoms with Crippen molar-refractivity contribution in [2.45, 2.75) is 17.9 Å². The largest absolute Gasteiger partial charge is 0.316 e. The Morgan fingerprint density at radius 2 is 1.91 bits per heavy atom. The van der Waals surface area contributed by atoms with Gasteiger partial charge in [0, 0.05) is 0 Å². The van der Waals surface area contributed by atoms with Gasteiger partial charge in [-0.25, -0.2) is 18.4 Å². The topological polar surface area (TPSA) is 72.0 Å². The summed E-state index contributed by atoms with van der Waals surface area (Å²) in [5.41, 5.74) is 1.14. The number of piperidine rings is 1. The van der Waals surface area contributed by atoms with Gasteiger partial charge in [-0.1, -0.05) is 23.7 Å². The first-order valence-corrected chi connectivity index (χ1v) is 8.95. The van der Waals surface area contributed by atoms with E-state index in [-0.39, 0.29) is 34.3 Å². The van der Waals surface area contributed by atoms with Gasteiger partial charge in [-0.2, -0.15) is 0 Å². The highest BCUT2D eigenvalue weighted by molar-refractivity contribution is 7.91. The SMILES string of the molecule is Cl.O=S(=O)(CC1CCCNC1)c1nc2ccccc2nc1Cl. The molecule has 5 nitrogen and oxygen atoms in total. The van der Waals surface area contributed by atoms with Crippen molar-refractivity contribution in [3.63, 3.8) is 0 Å². The van der Waals surface area contributed by atoms with E-state index in [0.29, 0.717) is 11.0 Å². The van der Waals surface area contributed by atoms with Gasteiger partial charge in [-0.05, 0) is 44.0 Å². The lowest BCUT2D eigenvalue weighted by Gasteiger charge is -2.22. The molecule has 1 unspecified atom stereocenters. The van der Waals surface area contributed by atoms with Crippen molar-refractivity contribution in [1.29, 1.82) is 0 Å². The lowest BCUT2D eigenvalue weighted by molar-refractivity contribution is 0.403. The molecule has 22 heavy (non-hydrogen) atoms. The molecule has 1 aliphatic rings. The van der Waals surface area contributed by atoms with Crippen molar-refractivity contribution >= 4 is 44.9 Å². The van der Waals surface area contributed by atoms with Crippen LogP contribution in [-0.4, -0.2) is 37.2 Å². The Morgan fingerprint density at radius 3 is 2.55 bits per heavy atom. The second-order valence-electron chi connectivity index (χ2n) is 5.30. The van der Waals surface area contributed by atoms with Gasteiger partial charge < -0.3 is 5.32 Å². The highest BCUT2D eigenvalue weighted by Crippen LogP contribution is 2.24. The van der Waals surface area contributed by atoms with E-state index >= 15 is 0 Å². The van der Waals surface area contributed by atoms with Crippen molar-refractivity contribution in [1.82, 2.24) is 15.3 Å². The van der Waals surface area contributed by atoms with Crippen LogP contribution in [0.3, 0.4) is 0 Å². The predicted octanol–water partition coefficient (Wildman–Crippen LogP) is 2.48. The zero-order valence-electron chi connectivity index (χ0n) is 11.8. The van der Waals surface area contributed by atoms with Crippen LogP contribution >= 0.6 is 24.0 Å². The summed E-state index contributed by atoms with van der Waals surface area (Å²) in [6.07, 6.45) is 1.90. The molecule has 1 aromatic carbocycles. The number of nitrogens with zero attached hydrogens (tertiary/aromatic N) is 2. The molecule has 0 bridgehead atoms. The number of benzene rings is 1. The quantitative estimate of drug-likeness (QED) is 0.908. The van der Waals surface area contributed by atoms with Gasteiger partial charge in [0.05, 0.1) is 16.8 Å². The second kappa shape index (κ2) is 7.08. The third kappa shape index (κ3) is 3.68. The standard InChI is InChI=1S/C14H16ClN3O2S.ClH/c15-13-14(18-12-6-2-1-5-11(12)17-13)21(19,20)9-10-4-3-7-16-8-10;/h1-2,5-6,10,16H,3-4,7-9H2;1H. The summed E-state index contributed by atoms with van der Waals surface area (Å²) in [6.45, 7) is 1.67. The van der Waals surface area contributed by atoms with Crippen LogP contribution in [0.25, 0.3) is 11.0 Å². The third-order valence-corrected chi connectivity index (χ3v) is 5.81. The van der Waals surface area contributed by atoms with Gasteiger partial charge in [-0.3, -0.25) is 0 Å². The molecule has 0 aliphatic carbocycles. The molecule has 8 heteroatoms. The van der Waals surface area contributed by atoms with Crippen LogP contribution in [0.2, 0.25) is 5.15 Å². The van der Waals surface area contributed by atoms with Crippen molar-refractivity contribution < 1.29 is 8.42 Å². The number of hydrogen-bond acceptors (Lipinski definition) is 5. The van der Waals surface area contributed by atoms with Crippen LogP contribution in [0, 0.1) is 5.92 Å². The Balaban J connectivity index is 0.00000176. The highest BCUT2D eigenvalue weighted by atomic mass is 35.5. The van der Waals surface area contributed by atoms with Crippen molar-refractivity contribution in [3.8, 4) is 0 Å². The molecule has 0 amide bonds. The van der Waals surface area contributed by atoms with Gasteiger partial charge in [0.1, 0.15) is 0 Å². The number of sulfone groups is 1. The minimum Gasteiger partial charge on any atom is -0.316 e. The highest BCUT2D eigenvalue weighted by Gasteiger charge is 2.27. The number of hydrogen-bond donors (Lipinski definition) is 1. The molecular weight excluding hydrogens is 345 g/mol. The first-order chi connectivity index (χ1) is 10.1. The fourth-order valence-electron chi connectivity index (χ4n) is 2.62. The van der Waals surface area contributed by atoms with Gasteiger partial charge >= 0.3 is 0 Å². The number of halogens is 2. The second-order valence-corrected chi connectivity index (χ2v) is 7.61. The Kier molecular flexibility index (Phi) is 5.60. The minimum absolute atomic E-state index is 0. The molecule has 0 spiro atoms. The van der Waals surface area contributed by atoms with Crippen LogP contribution < -0.4 is 5.32 Å². The van der Waals surface area contributed by atoms with Gasteiger partial charge in [0.15, 0.2) is 20.0 Å². The smallest absolute Gasteiger partial charge is 0.199 e. The Bertz CT molecular complexity index is 762. The molecule has 120 valence electrons. The zero-order chi connectivity index (χ0) is 14.9. The zero-order valence-corrected chi connectivity index (χ0v) is 14.2. The van der Waals surface area contributed by atoms with E-state index in [0.717, 1.165) is 25.9 Å². The first kappa shape index (κ1) is 17.4. The molecule has 0 radical (unpaired) electrons. The van der Waals surface area contributed by atoms with Crippen LogP contribution in [0.4, 0.5) is 0 Å². The van der Waals surface area contributed by atoms with Gasteiger partial charge in [0.25, 0.3) is 0 Å². The van der Waals surface area contributed by atoms with E-state index in [4.69, 9.17) is 11.6 Å². The third-order valence-electron chi connectivity index (χ3n) is 3.65. The lowest BCUT2D eigenvalue weighted by Crippen LogP contribution is -2.34. The summed E-state index contributed by atoms with van der Waals surface area (Å²) in [4.78, 5) is 8.35. The van der Waals surface area contributed by atoms with Gasteiger partial charge in [-0.15, -0.1) is 12.4 Å². The minimum atomic E-state index is -3.53. The fourth-order valence-corrected chi connectivity index (χ4v) is 4.70. The summed E-state index contributed by atoms with van der Waals surface area (Å²) < 4.78 is 25.1. The first-order valence-electron chi connectivity index (χ1n) is 6.92. The molecule has 1 fully saturated rings. The van der Waals surface area contributed by atoms with E-state index in [2.05, 4.69) is 15.3 Å². The summed E-state index contributed by atoms with van der Waals surface area (Å²) in [6, 6.07) is 7.11. The molecule has 1 aromatic heterocycles. The number of rotatable bonds is 3. The Labute approximate surface area is 140 Å². The molecule has 1 aliphatic heterocycles. The van der Waals surface area contributed by atoms with Crippen LogP contribution in [-0.2, 0) is 9.84 Å². The fraction of sp³-hybridized carbons (Fsp3) is 0.429. The lowest BCUT2D eigenvalue weighted by atomic mass is 10.0. The van der Waals surface area contributed by atoms with E-state index in [1.165, 1.54) is 0 Å². The maximum Gasteiger partial charge on any atom is 0.199 e. The molecule has 3 rings (SSSR count). The molecule has 1 atom stereocenters. The monoisotopic (exact) mass is 361 g/mol. The van der Waals surface area contributed by atoms with Crippen LogP contribution in [0.1, 0.15) is 12.8 Å². The molecule has 1 N–H and O–H groups in total. The summed E-state index contributed by atoms with van der Waals surface area (Å²) in [5.74, 6) is 0.167. The van der Waals surface area contributed by atoms with Gasteiger partial charge in [0.2, 0.25) is 0 Å². The van der Waals surface area contributed by atoms with Crippen molar-refractivity contribution in [2.75, 3.05) is 18.8 Å². The molecule has 2 heterocycles. The number of para-hydroxylation sites is 2. The average Bonchev–Trinajstić information content (AvgIpc) is 2.47.